The molecule has 1 aromatic carbocycles. The number of amides is 2. The molecule has 2 fully saturated rings. The number of carboxylic acids is 1. The molecule has 0 radical (unpaired) electrons. The van der Waals surface area contributed by atoms with Crippen molar-refractivity contribution in [3.8, 4) is 0 Å². The van der Waals surface area contributed by atoms with Gasteiger partial charge in [-0.05, 0) is 25.0 Å². The largest absolute Gasteiger partial charge is 0.481 e. The molecule has 8 heteroatoms. The van der Waals surface area contributed by atoms with E-state index >= 15 is 0 Å². The van der Waals surface area contributed by atoms with Crippen LogP contribution in [0.25, 0.3) is 0 Å². The van der Waals surface area contributed by atoms with Crippen LogP contribution in [0.5, 0.6) is 0 Å². The Morgan fingerprint density at radius 2 is 2.04 bits per heavy atom. The summed E-state index contributed by atoms with van der Waals surface area (Å²) in [6, 6.07) is 2.88. The van der Waals surface area contributed by atoms with Crippen molar-refractivity contribution in [2.45, 2.75) is 19.3 Å². The van der Waals surface area contributed by atoms with E-state index in [0.29, 0.717) is 18.9 Å². The van der Waals surface area contributed by atoms with Crippen LogP contribution in [0.15, 0.2) is 18.2 Å². The van der Waals surface area contributed by atoms with Gasteiger partial charge in [0.15, 0.2) is 0 Å². The second kappa shape index (κ2) is 5.85. The van der Waals surface area contributed by atoms with Gasteiger partial charge < -0.3 is 15.3 Å². The standard InChI is InChI=1S/C16H16F2N2O4/c17-10-1-2-12(11(18)6-10)20-7-9(5-13(20)21)14(22)19-8-16(3-4-16)15(23)24/h1-2,6,9H,3-5,7-8H2,(H,19,22)(H,23,24). The predicted molar refractivity (Wildman–Crippen MR) is 79.1 cm³/mol. The van der Waals surface area contributed by atoms with E-state index in [1.807, 2.05) is 0 Å². The van der Waals surface area contributed by atoms with Gasteiger partial charge >= 0.3 is 5.97 Å². The molecule has 128 valence electrons. The Labute approximate surface area is 136 Å². The molecule has 6 nitrogen and oxygen atoms in total. The number of nitrogens with one attached hydrogen (secondary N) is 1. The van der Waals surface area contributed by atoms with E-state index in [2.05, 4.69) is 5.32 Å². The van der Waals surface area contributed by atoms with Crippen molar-refractivity contribution in [2.24, 2.45) is 11.3 Å². The number of carbonyl (C=O) groups is 3. The number of benzene rings is 1. The van der Waals surface area contributed by atoms with Crippen molar-refractivity contribution in [3.63, 3.8) is 0 Å². The Hall–Kier alpha value is -2.51. The number of rotatable bonds is 5. The second-order valence-corrected chi connectivity index (χ2v) is 6.30. The maximum atomic E-state index is 13.8. The van der Waals surface area contributed by atoms with Crippen molar-refractivity contribution in [1.82, 2.24) is 5.32 Å². The summed E-state index contributed by atoms with van der Waals surface area (Å²) in [6.07, 6.45) is 0.932. The summed E-state index contributed by atoms with van der Waals surface area (Å²) in [5.41, 5.74) is -0.956. The lowest BCUT2D eigenvalue weighted by Gasteiger charge is -2.18. The maximum absolute atomic E-state index is 13.8. The van der Waals surface area contributed by atoms with Crippen molar-refractivity contribution in [3.05, 3.63) is 29.8 Å². The smallest absolute Gasteiger partial charge is 0.311 e. The third-order valence-electron chi connectivity index (χ3n) is 4.60. The van der Waals surface area contributed by atoms with Gasteiger partial charge in [-0.3, -0.25) is 14.4 Å². The number of aliphatic carboxylic acids is 1. The Morgan fingerprint density at radius 1 is 1.33 bits per heavy atom. The Bertz CT molecular complexity index is 718. The van der Waals surface area contributed by atoms with Gasteiger partial charge in [0.2, 0.25) is 11.8 Å². The zero-order valence-electron chi connectivity index (χ0n) is 12.7. The fourth-order valence-corrected chi connectivity index (χ4v) is 2.83. The lowest BCUT2D eigenvalue weighted by Crippen LogP contribution is -2.38. The van der Waals surface area contributed by atoms with Crippen LogP contribution in [-0.2, 0) is 14.4 Å². The maximum Gasteiger partial charge on any atom is 0.311 e. The number of halogens is 2. The van der Waals surface area contributed by atoms with E-state index in [0.717, 1.165) is 17.0 Å². The SMILES string of the molecule is O=C(NCC1(C(=O)O)CC1)C1CC(=O)N(c2ccc(F)cc2F)C1. The zero-order chi connectivity index (χ0) is 17.5. The highest BCUT2D eigenvalue weighted by Gasteiger charge is 2.50. The number of hydrogen-bond acceptors (Lipinski definition) is 3. The van der Waals surface area contributed by atoms with Crippen molar-refractivity contribution < 1.29 is 28.3 Å². The van der Waals surface area contributed by atoms with Crippen LogP contribution in [0.2, 0.25) is 0 Å². The average molecular weight is 338 g/mol. The zero-order valence-corrected chi connectivity index (χ0v) is 12.7. The highest BCUT2D eigenvalue weighted by molar-refractivity contribution is 6.00. The minimum atomic E-state index is -0.944. The van der Waals surface area contributed by atoms with Gasteiger partial charge in [-0.2, -0.15) is 0 Å². The average Bonchev–Trinajstić information content (AvgIpc) is 3.22. The molecular formula is C16H16F2N2O4. The van der Waals surface area contributed by atoms with Crippen LogP contribution in [0, 0.1) is 23.0 Å². The van der Waals surface area contributed by atoms with Gasteiger partial charge in [-0.25, -0.2) is 8.78 Å². The van der Waals surface area contributed by atoms with Crippen molar-refractivity contribution in [2.75, 3.05) is 18.0 Å². The molecule has 1 saturated heterocycles. The molecule has 0 aromatic heterocycles. The molecule has 24 heavy (non-hydrogen) atoms. The number of anilines is 1. The van der Waals surface area contributed by atoms with E-state index in [9.17, 15) is 23.2 Å². The molecule has 1 aromatic rings. The second-order valence-electron chi connectivity index (χ2n) is 6.30. The van der Waals surface area contributed by atoms with Crippen LogP contribution >= 0.6 is 0 Å². The minimum Gasteiger partial charge on any atom is -0.481 e. The van der Waals surface area contributed by atoms with Gasteiger partial charge in [0.1, 0.15) is 11.6 Å². The first-order valence-electron chi connectivity index (χ1n) is 7.59. The Balaban J connectivity index is 1.64. The molecule has 2 aliphatic rings. The van der Waals surface area contributed by atoms with Crippen molar-refractivity contribution >= 4 is 23.5 Å². The molecule has 1 aliphatic carbocycles. The number of hydrogen-bond donors (Lipinski definition) is 2. The summed E-state index contributed by atoms with van der Waals surface area (Å²) in [5.74, 6) is -4.11. The molecule has 2 amide bonds. The fraction of sp³-hybridized carbons (Fsp3) is 0.438. The molecule has 1 saturated carbocycles. The van der Waals surface area contributed by atoms with Crippen LogP contribution in [0.1, 0.15) is 19.3 Å². The minimum absolute atomic E-state index is 0.0205. The number of carboxylic acid groups (broad SMARTS) is 1. The van der Waals surface area contributed by atoms with E-state index in [1.165, 1.54) is 0 Å². The Kier molecular flexibility index (Phi) is 3.98. The number of nitrogens with zero attached hydrogens (tertiary/aromatic N) is 1. The summed E-state index contributed by atoms with van der Waals surface area (Å²) in [6.45, 7) is 0.00402. The molecule has 2 N–H and O–H groups in total. The van der Waals surface area contributed by atoms with Crippen LogP contribution in [-0.4, -0.2) is 36.0 Å². The third kappa shape index (κ3) is 2.95. The predicted octanol–water partition coefficient (Wildman–Crippen LogP) is 1.30. The first-order chi connectivity index (χ1) is 11.3. The highest BCUT2D eigenvalue weighted by atomic mass is 19.1. The highest BCUT2D eigenvalue weighted by Crippen LogP contribution is 2.45. The van der Waals surface area contributed by atoms with E-state index in [1.54, 1.807) is 0 Å². The quantitative estimate of drug-likeness (QED) is 0.847. The van der Waals surface area contributed by atoms with Gasteiger partial charge in [0.25, 0.3) is 0 Å². The third-order valence-corrected chi connectivity index (χ3v) is 4.60. The fourth-order valence-electron chi connectivity index (χ4n) is 2.83. The van der Waals surface area contributed by atoms with Gasteiger partial charge in [-0.1, -0.05) is 0 Å². The molecular weight excluding hydrogens is 322 g/mol. The van der Waals surface area contributed by atoms with Gasteiger partial charge in [0, 0.05) is 25.6 Å². The molecule has 3 rings (SSSR count). The Morgan fingerprint density at radius 3 is 2.62 bits per heavy atom. The van der Waals surface area contributed by atoms with Crippen molar-refractivity contribution in [1.29, 1.82) is 0 Å². The van der Waals surface area contributed by atoms with Gasteiger partial charge in [0.05, 0.1) is 17.0 Å². The topological polar surface area (TPSA) is 86.7 Å². The first kappa shape index (κ1) is 16.4. The van der Waals surface area contributed by atoms with Gasteiger partial charge in [-0.15, -0.1) is 0 Å². The first-order valence-corrected chi connectivity index (χ1v) is 7.59. The summed E-state index contributed by atoms with van der Waals surface area (Å²) < 4.78 is 26.8. The molecule has 1 unspecified atom stereocenters. The molecule has 0 spiro atoms. The monoisotopic (exact) mass is 338 g/mol. The van der Waals surface area contributed by atoms with Crippen LogP contribution in [0.4, 0.5) is 14.5 Å². The summed E-state index contributed by atoms with van der Waals surface area (Å²) >= 11 is 0. The number of carbonyl (C=O) groups excluding carboxylic acids is 2. The molecule has 1 aliphatic heterocycles. The molecule has 0 bridgehead atoms. The normalized spacial score (nSPS) is 21.7. The van der Waals surface area contributed by atoms with E-state index in [4.69, 9.17) is 5.11 Å². The lowest BCUT2D eigenvalue weighted by atomic mass is 10.1. The summed E-state index contributed by atoms with van der Waals surface area (Å²) in [7, 11) is 0. The van der Waals surface area contributed by atoms with Crippen LogP contribution < -0.4 is 10.2 Å². The summed E-state index contributed by atoms with van der Waals surface area (Å²) in [4.78, 5) is 36.4. The lowest BCUT2D eigenvalue weighted by molar-refractivity contribution is -0.143. The van der Waals surface area contributed by atoms with E-state index in [-0.39, 0.29) is 25.2 Å². The summed E-state index contributed by atoms with van der Waals surface area (Å²) in [5, 5.41) is 11.7. The molecule has 1 atom stereocenters. The van der Waals surface area contributed by atoms with E-state index < -0.39 is 40.8 Å². The molecule has 1 heterocycles. The van der Waals surface area contributed by atoms with Crippen LogP contribution in [0.3, 0.4) is 0 Å².